The second-order valence-electron chi connectivity index (χ2n) is 18.4. The molecular weight excluding hydrogens is 773 g/mol. The highest BCUT2D eigenvalue weighted by Crippen LogP contribution is 2.50. The Morgan fingerprint density at radius 3 is 2.39 bits per heavy atom. The molecule has 61 heavy (non-hydrogen) atoms. The first-order chi connectivity index (χ1) is 29.6. The van der Waals surface area contributed by atoms with Crippen molar-refractivity contribution < 1.29 is 28.7 Å². The molecule has 14 heteroatoms. The molecule has 5 aliphatic heterocycles. The molecule has 1 spiro atoms. The molecule has 1 atom stereocenters. The fourth-order valence-corrected chi connectivity index (χ4v) is 10.9. The number of pyridine rings is 2. The Labute approximate surface area is 352 Å². The monoisotopic (exact) mass is 820 g/mol. The van der Waals surface area contributed by atoms with Gasteiger partial charge >= 0.3 is 0 Å². The number of carbonyl (C=O) groups is 5. The molecule has 1 N–H and O–H groups in total. The van der Waals surface area contributed by atoms with Crippen LogP contribution < -0.4 is 15.0 Å². The molecule has 1 saturated carbocycles. The molecule has 4 saturated heterocycles. The van der Waals surface area contributed by atoms with Gasteiger partial charge in [0.25, 0.3) is 11.8 Å². The zero-order valence-corrected chi connectivity index (χ0v) is 34.2. The van der Waals surface area contributed by atoms with Crippen LogP contribution in [0.25, 0.3) is 32.9 Å². The van der Waals surface area contributed by atoms with Crippen molar-refractivity contribution in [1.29, 1.82) is 0 Å². The summed E-state index contributed by atoms with van der Waals surface area (Å²) in [5.41, 5.74) is 6.17. The molecule has 5 amide bonds. The van der Waals surface area contributed by atoms with Crippen LogP contribution in [-0.2, 0) is 21.4 Å². The molecule has 3 aromatic heterocycles. The summed E-state index contributed by atoms with van der Waals surface area (Å²) in [5, 5.41) is 4.59. The van der Waals surface area contributed by atoms with E-state index in [1.165, 1.54) is 5.39 Å². The van der Waals surface area contributed by atoms with Crippen LogP contribution in [0.2, 0.25) is 0 Å². The van der Waals surface area contributed by atoms with Gasteiger partial charge in [0, 0.05) is 116 Å². The highest BCUT2D eigenvalue weighted by Gasteiger charge is 2.55. The van der Waals surface area contributed by atoms with Crippen LogP contribution in [0.3, 0.4) is 0 Å². The molecule has 6 aliphatic rings. The lowest BCUT2D eigenvalue weighted by Gasteiger charge is -2.58. The second kappa shape index (κ2) is 14.5. The van der Waals surface area contributed by atoms with Crippen molar-refractivity contribution in [3.05, 3.63) is 84.3 Å². The number of hydrogen-bond donors (Lipinski definition) is 1. The molecule has 11 rings (SSSR count). The average molecular weight is 821 g/mol. The molecule has 5 aromatic rings. The van der Waals surface area contributed by atoms with Crippen molar-refractivity contribution in [2.45, 2.75) is 57.1 Å². The number of fused-ring (bicyclic) bond motifs is 4. The van der Waals surface area contributed by atoms with Crippen molar-refractivity contribution in [2.75, 3.05) is 50.7 Å². The Balaban J connectivity index is 0.595. The molecule has 8 heterocycles. The van der Waals surface area contributed by atoms with Crippen LogP contribution in [0.4, 0.5) is 5.69 Å². The lowest BCUT2D eigenvalue weighted by atomic mass is 9.61. The zero-order valence-electron chi connectivity index (χ0n) is 34.2. The van der Waals surface area contributed by atoms with Gasteiger partial charge in [-0.1, -0.05) is 12.1 Å². The van der Waals surface area contributed by atoms with E-state index in [-0.39, 0.29) is 36.2 Å². The van der Waals surface area contributed by atoms with E-state index in [0.717, 1.165) is 110 Å². The van der Waals surface area contributed by atoms with Crippen LogP contribution in [0.15, 0.2) is 73.2 Å². The molecule has 5 fully saturated rings. The van der Waals surface area contributed by atoms with Crippen molar-refractivity contribution >= 4 is 57.0 Å². The summed E-state index contributed by atoms with van der Waals surface area (Å²) >= 11 is 0. The van der Waals surface area contributed by atoms with E-state index >= 15 is 0 Å². The quantitative estimate of drug-likeness (QED) is 0.206. The number of benzene rings is 2. The molecule has 14 nitrogen and oxygen atoms in total. The Hall–Kier alpha value is -6.15. The van der Waals surface area contributed by atoms with E-state index < -0.39 is 23.8 Å². The number of anilines is 1. The van der Waals surface area contributed by atoms with Gasteiger partial charge in [-0.2, -0.15) is 0 Å². The van der Waals surface area contributed by atoms with Gasteiger partial charge in [-0.25, -0.2) is 4.98 Å². The van der Waals surface area contributed by atoms with E-state index in [0.29, 0.717) is 35.3 Å². The number of aryl methyl sites for hydroxylation is 1. The summed E-state index contributed by atoms with van der Waals surface area (Å²) in [6, 6.07) is 16.9. The second-order valence-corrected chi connectivity index (χ2v) is 18.4. The van der Waals surface area contributed by atoms with Crippen molar-refractivity contribution in [2.24, 2.45) is 24.3 Å². The first kappa shape index (κ1) is 37.8. The van der Waals surface area contributed by atoms with Crippen LogP contribution >= 0.6 is 0 Å². The maximum Gasteiger partial charge on any atom is 0.262 e. The fourth-order valence-electron chi connectivity index (χ4n) is 10.9. The number of carbonyl (C=O) groups excluding carboxylic acids is 5. The van der Waals surface area contributed by atoms with Gasteiger partial charge in [0.1, 0.15) is 12.1 Å². The Morgan fingerprint density at radius 2 is 1.62 bits per heavy atom. The first-order valence-electron chi connectivity index (χ1n) is 21.6. The highest BCUT2D eigenvalue weighted by atomic mass is 16.5. The summed E-state index contributed by atoms with van der Waals surface area (Å²) < 4.78 is 8.48. The number of likely N-dealkylation sites (tertiary alicyclic amines) is 2. The number of nitrogens with zero attached hydrogens (tertiary/aromatic N) is 7. The Morgan fingerprint density at radius 1 is 0.836 bits per heavy atom. The summed E-state index contributed by atoms with van der Waals surface area (Å²) in [6.45, 7) is 6.38. The third-order valence-corrected chi connectivity index (χ3v) is 14.3. The number of hydrogen-bond acceptors (Lipinski definition) is 10. The van der Waals surface area contributed by atoms with Crippen LogP contribution in [0, 0.1) is 17.3 Å². The molecule has 0 radical (unpaired) electrons. The number of ether oxygens (including phenoxy) is 1. The first-order valence-corrected chi connectivity index (χ1v) is 21.6. The molecule has 0 bridgehead atoms. The number of piperidine rings is 2. The lowest BCUT2D eigenvalue weighted by molar-refractivity contribution is -0.161. The highest BCUT2D eigenvalue weighted by molar-refractivity contribution is 6.23. The number of aromatic nitrogens is 3. The third kappa shape index (κ3) is 6.62. The van der Waals surface area contributed by atoms with Crippen molar-refractivity contribution in [3.8, 4) is 17.0 Å². The minimum absolute atomic E-state index is 0.0964. The summed E-state index contributed by atoms with van der Waals surface area (Å²) in [6.07, 6.45) is 10.6. The van der Waals surface area contributed by atoms with E-state index in [4.69, 9.17) is 4.74 Å². The van der Waals surface area contributed by atoms with Gasteiger partial charge < -0.3 is 24.0 Å². The average Bonchev–Trinajstić information content (AvgIpc) is 3.64. The van der Waals surface area contributed by atoms with Gasteiger partial charge in [-0.3, -0.25) is 39.2 Å². The van der Waals surface area contributed by atoms with Crippen LogP contribution in [0.5, 0.6) is 5.88 Å². The van der Waals surface area contributed by atoms with Gasteiger partial charge in [-0.15, -0.1) is 0 Å². The van der Waals surface area contributed by atoms with Gasteiger partial charge in [-0.05, 0) is 93.1 Å². The Bertz CT molecular complexity index is 2630. The van der Waals surface area contributed by atoms with Crippen molar-refractivity contribution in [1.82, 2.24) is 34.6 Å². The van der Waals surface area contributed by atoms with Gasteiger partial charge in [0.05, 0.1) is 16.6 Å². The molecule has 312 valence electrons. The topological polar surface area (TPSA) is 150 Å². The van der Waals surface area contributed by atoms with E-state index in [1.54, 1.807) is 12.1 Å². The number of rotatable bonds is 9. The predicted molar refractivity (Wildman–Crippen MR) is 227 cm³/mol. The van der Waals surface area contributed by atoms with E-state index in [9.17, 15) is 24.0 Å². The summed E-state index contributed by atoms with van der Waals surface area (Å²) in [7, 11) is 2.09. The van der Waals surface area contributed by atoms with Crippen LogP contribution in [-0.4, -0.2) is 117 Å². The smallest absolute Gasteiger partial charge is 0.262 e. The number of nitrogens with one attached hydrogen (secondary N) is 1. The molecular formula is C47H48N8O6. The van der Waals surface area contributed by atoms with Crippen LogP contribution in [0.1, 0.15) is 65.7 Å². The third-order valence-electron chi connectivity index (χ3n) is 14.3. The normalized spacial score (nSPS) is 22.1. The maximum atomic E-state index is 13.3. The van der Waals surface area contributed by atoms with Crippen molar-refractivity contribution in [3.63, 3.8) is 0 Å². The maximum absolute atomic E-state index is 13.3. The van der Waals surface area contributed by atoms with Gasteiger partial charge in [0.2, 0.25) is 23.6 Å². The Kier molecular flexibility index (Phi) is 8.99. The van der Waals surface area contributed by atoms with E-state index in [2.05, 4.69) is 65.9 Å². The fraction of sp³-hybridized carbons (Fsp3) is 0.426. The molecule has 2 aromatic carbocycles. The lowest BCUT2D eigenvalue weighted by Crippen LogP contribution is -2.66. The largest absolute Gasteiger partial charge is 0.474 e. The van der Waals surface area contributed by atoms with Gasteiger partial charge in [0.15, 0.2) is 0 Å². The summed E-state index contributed by atoms with van der Waals surface area (Å²) in [5.74, 6) is -0.106. The minimum atomic E-state index is -0.966. The number of imide groups is 2. The molecule has 1 unspecified atom stereocenters. The molecule has 1 aliphatic carbocycles. The predicted octanol–water partition coefficient (Wildman–Crippen LogP) is 4.80. The zero-order chi connectivity index (χ0) is 41.6. The summed E-state index contributed by atoms with van der Waals surface area (Å²) in [4.78, 5) is 80.4. The minimum Gasteiger partial charge on any atom is -0.474 e. The number of amides is 5. The van der Waals surface area contributed by atoms with E-state index in [1.807, 2.05) is 36.8 Å². The standard InChI is InChI=1S/C47H48N8O6/c1-51-38-10-13-48-22-37(38)34-5-2-30(17-40(34)51)31-3-9-42(49-21-31)61-33-19-47(20-33)26-54(27-47)43(57)16-28-11-14-52(15-12-28)23-29-24-53(25-29)32-4-6-35-36(18-32)46(60)55(45(35)59)39-7-8-41(56)50-44(39)58/h2-6,9-10,13,17-18,21-22,28-29,33,39H,7-8,11-12,14-16,19-20,23-27H2,1H3,(H,50,56,58). The SMILES string of the molecule is Cn1c2ccncc2c2ccc(-c3ccc(OC4CC5(C4)CN(C(=O)CC4CCN(CC6CN(c7ccc8c(c7)C(=O)N(C7CCC(=O)NC7=O)C8=O)C6)CC4)C5)nc3)cc21.